The molecular weight excluding hydrogens is 496 g/mol. The van der Waals surface area contributed by atoms with Gasteiger partial charge in [0, 0.05) is 42.5 Å². The second-order valence-corrected chi connectivity index (χ2v) is 11.1. The molecule has 36 heavy (non-hydrogen) atoms. The average molecular weight is 523 g/mol. The van der Waals surface area contributed by atoms with Crippen molar-refractivity contribution in [2.24, 2.45) is 0 Å². The maximum atomic E-state index is 13.6. The average Bonchev–Trinajstić information content (AvgIpc) is 3.42. The van der Waals surface area contributed by atoms with Crippen LogP contribution in [-0.2, 0) is 5.54 Å². The van der Waals surface area contributed by atoms with Gasteiger partial charge in [-0.15, -0.1) is 0 Å². The highest BCUT2D eigenvalue weighted by molar-refractivity contribution is 7.22. The van der Waals surface area contributed by atoms with Gasteiger partial charge in [-0.1, -0.05) is 47.2 Å². The normalized spacial score (nSPS) is 14.3. The van der Waals surface area contributed by atoms with Crippen molar-refractivity contribution in [2.45, 2.75) is 26.3 Å². The molecule has 5 rings (SSSR count). The SMILES string of the molecule is CC(C)(C)n1nc(C(=O)N2CCN(c3ccccc3)CC2)c2sc(NC(=O)c3cccc(Cl)c3)nc21. The number of hydrogen-bond donors (Lipinski definition) is 1. The van der Waals surface area contributed by atoms with Crippen molar-refractivity contribution in [3.63, 3.8) is 0 Å². The summed E-state index contributed by atoms with van der Waals surface area (Å²) in [6.45, 7) is 8.75. The van der Waals surface area contributed by atoms with Gasteiger partial charge in [-0.3, -0.25) is 14.9 Å². The zero-order chi connectivity index (χ0) is 25.4. The standard InChI is InChI=1S/C26H27ClN6O2S/c1-26(2,3)33-22-21(36-25(28-22)29-23(34)17-8-7-9-18(27)16-17)20(30-33)24(35)32-14-12-31(13-15-32)19-10-5-4-6-11-19/h4-11,16H,12-15H2,1-3H3,(H,28,29,34). The Kier molecular flexibility index (Phi) is 6.44. The van der Waals surface area contributed by atoms with E-state index in [0.29, 0.717) is 44.8 Å². The second-order valence-electron chi connectivity index (χ2n) is 9.68. The van der Waals surface area contributed by atoms with Gasteiger partial charge in [-0.2, -0.15) is 10.1 Å². The van der Waals surface area contributed by atoms with E-state index in [2.05, 4.69) is 27.3 Å². The molecule has 0 unspecified atom stereocenters. The number of amides is 2. The molecule has 3 heterocycles. The molecule has 1 fully saturated rings. The summed E-state index contributed by atoms with van der Waals surface area (Å²) in [4.78, 5) is 35.1. The third-order valence-electron chi connectivity index (χ3n) is 6.06. The molecule has 0 spiro atoms. The van der Waals surface area contributed by atoms with Gasteiger partial charge < -0.3 is 9.80 Å². The number of halogens is 1. The first kappa shape index (κ1) is 24.3. The predicted octanol–water partition coefficient (Wildman–Crippen LogP) is 5.12. The van der Waals surface area contributed by atoms with E-state index in [4.69, 9.17) is 16.7 Å². The Morgan fingerprint density at radius 2 is 1.72 bits per heavy atom. The molecule has 8 nitrogen and oxygen atoms in total. The molecule has 1 N–H and O–H groups in total. The lowest BCUT2D eigenvalue weighted by Gasteiger charge is -2.35. The highest BCUT2D eigenvalue weighted by Crippen LogP contribution is 2.33. The molecule has 186 valence electrons. The lowest BCUT2D eigenvalue weighted by molar-refractivity contribution is 0.0741. The second kappa shape index (κ2) is 9.55. The monoisotopic (exact) mass is 522 g/mol. The fourth-order valence-electron chi connectivity index (χ4n) is 4.22. The topological polar surface area (TPSA) is 83.4 Å². The van der Waals surface area contributed by atoms with Gasteiger partial charge in [0.1, 0.15) is 4.70 Å². The fourth-order valence-corrected chi connectivity index (χ4v) is 5.33. The number of carbonyl (C=O) groups is 2. The van der Waals surface area contributed by atoms with E-state index < -0.39 is 5.54 Å². The summed E-state index contributed by atoms with van der Waals surface area (Å²) in [6.07, 6.45) is 0. The maximum Gasteiger partial charge on any atom is 0.276 e. The summed E-state index contributed by atoms with van der Waals surface area (Å²) in [5, 5.41) is 8.43. The van der Waals surface area contributed by atoms with Crippen LogP contribution in [-0.4, -0.2) is 57.7 Å². The molecule has 1 saturated heterocycles. The lowest BCUT2D eigenvalue weighted by atomic mass is 10.1. The molecule has 0 atom stereocenters. The zero-order valence-corrected chi connectivity index (χ0v) is 21.9. The summed E-state index contributed by atoms with van der Waals surface area (Å²) in [6, 6.07) is 16.9. The molecule has 10 heteroatoms. The molecule has 0 aliphatic carbocycles. The summed E-state index contributed by atoms with van der Waals surface area (Å²) < 4.78 is 2.43. The summed E-state index contributed by atoms with van der Waals surface area (Å²) >= 11 is 7.29. The highest BCUT2D eigenvalue weighted by atomic mass is 35.5. The lowest BCUT2D eigenvalue weighted by Crippen LogP contribution is -2.49. The Bertz CT molecular complexity index is 1420. The van der Waals surface area contributed by atoms with Crippen LogP contribution in [0.4, 0.5) is 10.8 Å². The van der Waals surface area contributed by atoms with Gasteiger partial charge in [-0.05, 0) is 51.1 Å². The third kappa shape index (κ3) is 4.81. The third-order valence-corrected chi connectivity index (χ3v) is 7.26. The van der Waals surface area contributed by atoms with Crippen molar-refractivity contribution in [2.75, 3.05) is 36.4 Å². The number of fused-ring (bicyclic) bond motifs is 1. The number of carbonyl (C=O) groups excluding carboxylic acids is 2. The first-order valence-corrected chi connectivity index (χ1v) is 13.0. The molecule has 2 aromatic heterocycles. The van der Waals surface area contributed by atoms with Crippen LogP contribution in [0.5, 0.6) is 0 Å². The first-order valence-electron chi connectivity index (χ1n) is 11.8. The highest BCUT2D eigenvalue weighted by Gasteiger charge is 2.31. The van der Waals surface area contributed by atoms with E-state index in [1.165, 1.54) is 11.3 Å². The van der Waals surface area contributed by atoms with Crippen LogP contribution in [0.3, 0.4) is 0 Å². The Labute approximate surface area is 218 Å². The van der Waals surface area contributed by atoms with E-state index in [1.54, 1.807) is 28.9 Å². The minimum Gasteiger partial charge on any atom is -0.368 e. The molecule has 0 radical (unpaired) electrons. The van der Waals surface area contributed by atoms with Gasteiger partial charge in [0.05, 0.1) is 5.54 Å². The van der Waals surface area contributed by atoms with Crippen LogP contribution in [0, 0.1) is 0 Å². The quantitative estimate of drug-likeness (QED) is 0.402. The fraction of sp³-hybridized carbons (Fsp3) is 0.308. The van der Waals surface area contributed by atoms with Crippen LogP contribution in [0.15, 0.2) is 54.6 Å². The Hall–Kier alpha value is -3.43. The summed E-state index contributed by atoms with van der Waals surface area (Å²) in [5.41, 5.74) is 2.15. The molecule has 0 saturated carbocycles. The number of anilines is 2. The summed E-state index contributed by atoms with van der Waals surface area (Å²) in [7, 11) is 0. The van der Waals surface area contributed by atoms with Gasteiger partial charge >= 0.3 is 0 Å². The molecular formula is C26H27ClN6O2S. The number of thiazole rings is 1. The van der Waals surface area contributed by atoms with Crippen molar-refractivity contribution >= 4 is 55.9 Å². The number of benzene rings is 2. The van der Waals surface area contributed by atoms with Crippen molar-refractivity contribution in [3.8, 4) is 0 Å². The van der Waals surface area contributed by atoms with Gasteiger partial charge in [-0.25, -0.2) is 4.68 Å². The predicted molar refractivity (Wildman–Crippen MR) is 144 cm³/mol. The van der Waals surface area contributed by atoms with Crippen molar-refractivity contribution in [1.29, 1.82) is 0 Å². The van der Waals surface area contributed by atoms with Crippen LogP contribution in [0.1, 0.15) is 41.6 Å². The summed E-state index contributed by atoms with van der Waals surface area (Å²) in [5.74, 6) is -0.429. The molecule has 1 aliphatic heterocycles. The number of para-hydroxylation sites is 1. The van der Waals surface area contributed by atoms with Gasteiger partial charge in [0.2, 0.25) is 0 Å². The maximum absolute atomic E-state index is 13.6. The van der Waals surface area contributed by atoms with Crippen LogP contribution in [0.25, 0.3) is 10.3 Å². The molecule has 2 aromatic carbocycles. The van der Waals surface area contributed by atoms with Crippen LogP contribution >= 0.6 is 22.9 Å². The van der Waals surface area contributed by atoms with Crippen molar-refractivity contribution in [1.82, 2.24) is 19.7 Å². The van der Waals surface area contributed by atoms with E-state index in [-0.39, 0.29) is 11.8 Å². The minimum absolute atomic E-state index is 0.118. The number of piperazine rings is 1. The van der Waals surface area contributed by atoms with E-state index in [1.807, 2.05) is 43.9 Å². The number of rotatable bonds is 4. The Morgan fingerprint density at radius 3 is 2.39 bits per heavy atom. The largest absolute Gasteiger partial charge is 0.368 e. The smallest absolute Gasteiger partial charge is 0.276 e. The molecule has 2 amide bonds. The molecule has 4 aromatic rings. The van der Waals surface area contributed by atoms with Crippen molar-refractivity contribution < 1.29 is 9.59 Å². The van der Waals surface area contributed by atoms with E-state index in [0.717, 1.165) is 18.8 Å². The molecule has 0 bridgehead atoms. The first-order chi connectivity index (χ1) is 17.2. The number of hydrogen-bond acceptors (Lipinski definition) is 6. The van der Waals surface area contributed by atoms with Crippen LogP contribution < -0.4 is 10.2 Å². The Balaban J connectivity index is 1.40. The van der Waals surface area contributed by atoms with Gasteiger partial charge in [0.25, 0.3) is 11.8 Å². The molecule has 1 aliphatic rings. The van der Waals surface area contributed by atoms with E-state index in [9.17, 15) is 9.59 Å². The van der Waals surface area contributed by atoms with Crippen molar-refractivity contribution in [3.05, 3.63) is 70.9 Å². The number of nitrogens with zero attached hydrogens (tertiary/aromatic N) is 5. The Morgan fingerprint density at radius 1 is 1.00 bits per heavy atom. The van der Waals surface area contributed by atoms with E-state index >= 15 is 0 Å². The number of aromatic nitrogens is 3. The number of nitrogens with one attached hydrogen (secondary N) is 1. The minimum atomic E-state index is -0.398. The zero-order valence-electron chi connectivity index (χ0n) is 20.4. The van der Waals surface area contributed by atoms with Crippen LogP contribution in [0.2, 0.25) is 5.02 Å². The van der Waals surface area contributed by atoms with Gasteiger partial charge in [0.15, 0.2) is 16.5 Å².